The van der Waals surface area contributed by atoms with Gasteiger partial charge < -0.3 is 9.80 Å². The zero-order valence-corrected chi connectivity index (χ0v) is 17.6. The summed E-state index contributed by atoms with van der Waals surface area (Å²) in [7, 11) is -1.40. The quantitative estimate of drug-likeness (QED) is 0.788. The van der Waals surface area contributed by atoms with Gasteiger partial charge in [0.15, 0.2) is 0 Å². The fourth-order valence-electron chi connectivity index (χ4n) is 4.20. The first-order valence-electron chi connectivity index (χ1n) is 9.80. The zero-order chi connectivity index (χ0) is 19.8. The lowest BCUT2D eigenvalue weighted by atomic mass is 9.98. The Morgan fingerprint density at radius 3 is 2.44 bits per heavy atom. The first-order chi connectivity index (χ1) is 12.7. The maximum absolute atomic E-state index is 13.0. The van der Waals surface area contributed by atoms with Crippen molar-refractivity contribution in [2.24, 2.45) is 0 Å². The van der Waals surface area contributed by atoms with Crippen LogP contribution in [0.2, 0.25) is 0 Å². The van der Waals surface area contributed by atoms with Gasteiger partial charge in [-0.15, -0.1) is 0 Å². The van der Waals surface area contributed by atoms with E-state index in [2.05, 4.69) is 18.7 Å². The minimum absolute atomic E-state index is 0.0253. The normalized spacial score (nSPS) is 19.2. The van der Waals surface area contributed by atoms with Gasteiger partial charge in [-0.1, -0.05) is 0 Å². The van der Waals surface area contributed by atoms with Crippen molar-refractivity contribution >= 4 is 21.6 Å². The number of fused-ring (bicyclic) bond motifs is 1. The molecule has 1 amide bonds. The van der Waals surface area contributed by atoms with Crippen LogP contribution in [0.5, 0.6) is 0 Å². The van der Waals surface area contributed by atoms with Gasteiger partial charge in [0.1, 0.15) is 0 Å². The topological polar surface area (TPSA) is 60.9 Å². The average molecular weight is 394 g/mol. The molecule has 27 heavy (non-hydrogen) atoms. The first-order valence-corrected chi connectivity index (χ1v) is 11.6. The molecule has 2 aliphatic heterocycles. The monoisotopic (exact) mass is 393 g/mol. The molecule has 1 saturated heterocycles. The van der Waals surface area contributed by atoms with Gasteiger partial charge in [0.2, 0.25) is 10.0 Å². The minimum Gasteiger partial charge on any atom is -0.339 e. The third-order valence-electron chi connectivity index (χ3n) is 5.90. The molecule has 0 unspecified atom stereocenters. The summed E-state index contributed by atoms with van der Waals surface area (Å²) in [5.74, 6) is 0.0253. The Kier molecular flexibility index (Phi) is 5.82. The van der Waals surface area contributed by atoms with Crippen LogP contribution in [0.15, 0.2) is 18.2 Å². The fourth-order valence-corrected chi connectivity index (χ4v) is 5.20. The molecular formula is C20H31N3O3S. The largest absolute Gasteiger partial charge is 0.339 e. The highest BCUT2D eigenvalue weighted by molar-refractivity contribution is 7.92. The molecule has 2 heterocycles. The molecule has 150 valence electrons. The molecule has 1 aromatic rings. The van der Waals surface area contributed by atoms with Gasteiger partial charge in [-0.05, 0) is 63.3 Å². The van der Waals surface area contributed by atoms with Crippen LogP contribution >= 0.6 is 0 Å². The highest BCUT2D eigenvalue weighted by Crippen LogP contribution is 2.30. The van der Waals surface area contributed by atoms with Gasteiger partial charge in [0.05, 0.1) is 11.9 Å². The average Bonchev–Trinajstić information content (AvgIpc) is 2.65. The van der Waals surface area contributed by atoms with Crippen LogP contribution in [-0.4, -0.2) is 69.1 Å². The number of hydrogen-bond acceptors (Lipinski definition) is 4. The Morgan fingerprint density at radius 2 is 1.85 bits per heavy atom. The molecule has 0 atom stereocenters. The maximum atomic E-state index is 13.0. The summed E-state index contributed by atoms with van der Waals surface area (Å²) in [6, 6.07) is 6.25. The number of piperidine rings is 1. The van der Waals surface area contributed by atoms with Crippen molar-refractivity contribution in [3.05, 3.63) is 29.3 Å². The Bertz CT molecular complexity index is 799. The van der Waals surface area contributed by atoms with E-state index in [1.807, 2.05) is 18.0 Å². The number of likely N-dealkylation sites (tertiary alicyclic amines) is 1. The second-order valence-electron chi connectivity index (χ2n) is 8.06. The summed E-state index contributed by atoms with van der Waals surface area (Å²) in [4.78, 5) is 17.3. The molecule has 0 saturated carbocycles. The van der Waals surface area contributed by atoms with Crippen molar-refractivity contribution in [2.45, 2.75) is 51.6 Å². The van der Waals surface area contributed by atoms with Crippen molar-refractivity contribution in [3.8, 4) is 0 Å². The van der Waals surface area contributed by atoms with E-state index in [4.69, 9.17) is 0 Å². The first kappa shape index (κ1) is 20.1. The molecule has 1 aromatic carbocycles. The Hall–Kier alpha value is -1.60. The standard InChI is InChI=1S/C20H31N3O3S/c1-15(2)22-12-9-18(10-13-22)21(3)20(24)17-7-8-19-16(14-17)6-5-11-23(19)27(4,25)26/h7-8,14-15,18H,5-6,9-13H2,1-4H3. The molecule has 0 aliphatic carbocycles. The van der Waals surface area contributed by atoms with Crippen LogP contribution in [-0.2, 0) is 16.4 Å². The summed E-state index contributed by atoms with van der Waals surface area (Å²) in [5.41, 5.74) is 2.31. The van der Waals surface area contributed by atoms with Crippen molar-refractivity contribution in [3.63, 3.8) is 0 Å². The van der Waals surface area contributed by atoms with Gasteiger partial charge >= 0.3 is 0 Å². The number of benzene rings is 1. The molecule has 0 N–H and O–H groups in total. The lowest BCUT2D eigenvalue weighted by molar-refractivity contribution is 0.0615. The van der Waals surface area contributed by atoms with Gasteiger partial charge in [-0.2, -0.15) is 0 Å². The SMILES string of the molecule is CC(C)N1CCC(N(C)C(=O)c2ccc3c(c2)CCCN3S(C)(=O)=O)CC1. The van der Waals surface area contributed by atoms with Crippen molar-refractivity contribution in [2.75, 3.05) is 37.2 Å². The Labute approximate surface area is 163 Å². The third kappa shape index (κ3) is 4.29. The van der Waals surface area contributed by atoms with Gasteiger partial charge in [-0.3, -0.25) is 9.10 Å². The van der Waals surface area contributed by atoms with E-state index >= 15 is 0 Å². The van der Waals surface area contributed by atoms with Crippen molar-refractivity contribution < 1.29 is 13.2 Å². The molecule has 0 aromatic heterocycles. The fraction of sp³-hybridized carbons (Fsp3) is 0.650. The Balaban J connectivity index is 1.74. The number of rotatable bonds is 4. The molecule has 6 nitrogen and oxygen atoms in total. The minimum atomic E-state index is -3.28. The van der Waals surface area contributed by atoms with Gasteiger partial charge in [0.25, 0.3) is 5.91 Å². The van der Waals surface area contributed by atoms with Crippen LogP contribution in [0.25, 0.3) is 0 Å². The summed E-state index contributed by atoms with van der Waals surface area (Å²) in [5, 5.41) is 0. The van der Waals surface area contributed by atoms with Crippen LogP contribution in [0, 0.1) is 0 Å². The molecule has 1 fully saturated rings. The number of aryl methyl sites for hydroxylation is 1. The molecule has 0 radical (unpaired) electrons. The van der Waals surface area contributed by atoms with E-state index in [1.54, 1.807) is 12.1 Å². The van der Waals surface area contributed by atoms with Crippen LogP contribution in [0.1, 0.15) is 49.0 Å². The summed E-state index contributed by atoms with van der Waals surface area (Å²) in [6.45, 7) is 6.97. The van der Waals surface area contributed by atoms with E-state index in [-0.39, 0.29) is 11.9 Å². The van der Waals surface area contributed by atoms with E-state index in [1.165, 1.54) is 10.6 Å². The predicted molar refractivity (Wildman–Crippen MR) is 109 cm³/mol. The molecule has 0 spiro atoms. The van der Waals surface area contributed by atoms with Crippen LogP contribution < -0.4 is 4.31 Å². The van der Waals surface area contributed by atoms with Crippen molar-refractivity contribution in [1.82, 2.24) is 9.80 Å². The number of sulfonamides is 1. The Morgan fingerprint density at radius 1 is 1.19 bits per heavy atom. The van der Waals surface area contributed by atoms with Crippen molar-refractivity contribution in [1.29, 1.82) is 0 Å². The van der Waals surface area contributed by atoms with E-state index in [0.717, 1.165) is 44.3 Å². The number of anilines is 1. The van der Waals surface area contributed by atoms with Crippen LogP contribution in [0.3, 0.4) is 0 Å². The smallest absolute Gasteiger partial charge is 0.253 e. The highest BCUT2D eigenvalue weighted by atomic mass is 32.2. The molecule has 3 rings (SSSR count). The van der Waals surface area contributed by atoms with E-state index < -0.39 is 10.0 Å². The maximum Gasteiger partial charge on any atom is 0.253 e. The summed E-state index contributed by atoms with van der Waals surface area (Å²) >= 11 is 0. The number of hydrogen-bond donors (Lipinski definition) is 0. The number of carbonyl (C=O) groups is 1. The molecule has 2 aliphatic rings. The molecular weight excluding hydrogens is 362 g/mol. The number of nitrogens with zero attached hydrogens (tertiary/aromatic N) is 3. The van der Waals surface area contributed by atoms with Gasteiger partial charge in [0, 0.05) is 44.3 Å². The highest BCUT2D eigenvalue weighted by Gasteiger charge is 2.29. The third-order valence-corrected chi connectivity index (χ3v) is 7.08. The summed E-state index contributed by atoms with van der Waals surface area (Å²) < 4.78 is 25.5. The summed E-state index contributed by atoms with van der Waals surface area (Å²) in [6.07, 6.45) is 4.80. The second kappa shape index (κ2) is 7.80. The lowest BCUT2D eigenvalue weighted by Gasteiger charge is -2.38. The number of amides is 1. The lowest BCUT2D eigenvalue weighted by Crippen LogP contribution is -2.47. The van der Waals surface area contributed by atoms with E-state index in [9.17, 15) is 13.2 Å². The molecule has 0 bridgehead atoms. The second-order valence-corrected chi connectivity index (χ2v) is 9.97. The van der Waals surface area contributed by atoms with E-state index in [0.29, 0.717) is 23.8 Å². The predicted octanol–water partition coefficient (Wildman–Crippen LogP) is 2.34. The number of carbonyl (C=O) groups excluding carboxylic acids is 1. The zero-order valence-electron chi connectivity index (χ0n) is 16.8. The van der Waals surface area contributed by atoms with Crippen LogP contribution in [0.4, 0.5) is 5.69 Å². The molecule has 7 heteroatoms. The van der Waals surface area contributed by atoms with Gasteiger partial charge in [-0.25, -0.2) is 8.42 Å².